The van der Waals surface area contributed by atoms with Gasteiger partial charge in [0.25, 0.3) is 0 Å². The van der Waals surface area contributed by atoms with Gasteiger partial charge in [-0.1, -0.05) is 41.9 Å². The average Bonchev–Trinajstić information content (AvgIpc) is 2.82. The zero-order valence-corrected chi connectivity index (χ0v) is 13.5. The molecule has 0 aliphatic carbocycles. The molecule has 0 saturated heterocycles. The van der Waals surface area contributed by atoms with Crippen molar-refractivity contribution in [3.8, 4) is 11.1 Å². The Morgan fingerprint density at radius 2 is 1.90 bits per heavy atom. The van der Waals surface area contributed by atoms with Crippen LogP contribution in [-0.2, 0) is 15.6 Å². The lowest BCUT2D eigenvalue weighted by atomic mass is 10.1. The molecule has 0 atom stereocenters. The molecule has 0 N–H and O–H groups in total. The Hall–Kier alpha value is -1.50. The van der Waals surface area contributed by atoms with E-state index in [0.717, 1.165) is 22.8 Å². The number of rotatable bonds is 3. The van der Waals surface area contributed by atoms with Gasteiger partial charge in [0.15, 0.2) is 9.84 Å². The number of hydrogen-bond donors (Lipinski definition) is 0. The van der Waals surface area contributed by atoms with Gasteiger partial charge in [0.1, 0.15) is 21.6 Å². The quantitative estimate of drug-likeness (QED) is 0.685. The SMILES string of the molecule is CS(=O)(=O)Cc1nc(Cl)c2c(-c3ccccc3)csc2n1. The minimum Gasteiger partial charge on any atom is -0.229 e. The van der Waals surface area contributed by atoms with Crippen molar-refractivity contribution in [2.24, 2.45) is 0 Å². The third kappa shape index (κ3) is 3.07. The predicted molar refractivity (Wildman–Crippen MR) is 86.4 cm³/mol. The van der Waals surface area contributed by atoms with Crippen LogP contribution >= 0.6 is 22.9 Å². The van der Waals surface area contributed by atoms with Crippen LogP contribution in [0.1, 0.15) is 5.82 Å². The van der Waals surface area contributed by atoms with Crippen LogP contribution < -0.4 is 0 Å². The van der Waals surface area contributed by atoms with Crippen molar-refractivity contribution in [1.82, 2.24) is 9.97 Å². The Labute approximate surface area is 131 Å². The highest BCUT2D eigenvalue weighted by Crippen LogP contribution is 2.36. The molecule has 0 aliphatic heterocycles. The van der Waals surface area contributed by atoms with Crippen molar-refractivity contribution in [3.63, 3.8) is 0 Å². The van der Waals surface area contributed by atoms with E-state index in [0.29, 0.717) is 9.98 Å². The minimum atomic E-state index is -3.19. The first kappa shape index (κ1) is 14.4. The van der Waals surface area contributed by atoms with E-state index < -0.39 is 9.84 Å². The van der Waals surface area contributed by atoms with Crippen molar-refractivity contribution < 1.29 is 8.42 Å². The van der Waals surface area contributed by atoms with Crippen molar-refractivity contribution in [2.75, 3.05) is 6.26 Å². The van der Waals surface area contributed by atoms with Crippen LogP contribution in [0.2, 0.25) is 5.15 Å². The largest absolute Gasteiger partial charge is 0.229 e. The number of sulfone groups is 1. The monoisotopic (exact) mass is 338 g/mol. The Morgan fingerprint density at radius 3 is 2.57 bits per heavy atom. The molecule has 2 aromatic heterocycles. The maximum atomic E-state index is 11.4. The molecular weight excluding hydrogens is 328 g/mol. The van der Waals surface area contributed by atoms with Crippen LogP contribution in [0.25, 0.3) is 21.3 Å². The summed E-state index contributed by atoms with van der Waals surface area (Å²) in [5, 5.41) is 3.02. The smallest absolute Gasteiger partial charge is 0.154 e. The molecule has 0 aliphatic rings. The van der Waals surface area contributed by atoms with Crippen molar-refractivity contribution in [3.05, 3.63) is 46.7 Å². The summed E-state index contributed by atoms with van der Waals surface area (Å²) in [5.74, 6) is 0.0257. The number of nitrogens with zero attached hydrogens (tertiary/aromatic N) is 2. The minimum absolute atomic E-state index is 0.207. The lowest BCUT2D eigenvalue weighted by Crippen LogP contribution is -2.05. The Morgan fingerprint density at radius 1 is 1.19 bits per heavy atom. The highest BCUT2D eigenvalue weighted by Gasteiger charge is 2.16. The molecule has 0 fully saturated rings. The van der Waals surface area contributed by atoms with E-state index in [1.165, 1.54) is 11.3 Å². The van der Waals surface area contributed by atoms with Gasteiger partial charge in [0.05, 0.1) is 5.39 Å². The molecule has 0 amide bonds. The van der Waals surface area contributed by atoms with E-state index in [4.69, 9.17) is 11.6 Å². The summed E-state index contributed by atoms with van der Waals surface area (Å²) < 4.78 is 22.7. The number of aromatic nitrogens is 2. The van der Waals surface area contributed by atoms with Crippen LogP contribution in [-0.4, -0.2) is 24.6 Å². The highest BCUT2D eigenvalue weighted by molar-refractivity contribution is 7.89. The summed E-state index contributed by atoms with van der Waals surface area (Å²) in [5.41, 5.74) is 2.00. The summed E-state index contributed by atoms with van der Waals surface area (Å²) in [4.78, 5) is 9.14. The summed E-state index contributed by atoms with van der Waals surface area (Å²) in [7, 11) is -3.19. The van der Waals surface area contributed by atoms with Gasteiger partial charge >= 0.3 is 0 Å². The molecule has 0 bridgehead atoms. The molecule has 4 nitrogen and oxygen atoms in total. The second-order valence-electron chi connectivity index (χ2n) is 4.70. The Kier molecular flexibility index (Phi) is 3.69. The Bertz CT molecular complexity index is 905. The van der Waals surface area contributed by atoms with Crippen LogP contribution in [0, 0.1) is 0 Å². The van der Waals surface area contributed by atoms with Gasteiger partial charge in [-0.05, 0) is 5.56 Å². The summed E-state index contributed by atoms with van der Waals surface area (Å²) >= 11 is 7.68. The molecule has 3 rings (SSSR count). The second kappa shape index (κ2) is 5.36. The van der Waals surface area contributed by atoms with Crippen LogP contribution in [0.3, 0.4) is 0 Å². The van der Waals surface area contributed by atoms with E-state index in [1.807, 2.05) is 35.7 Å². The molecule has 1 aromatic carbocycles. The van der Waals surface area contributed by atoms with Crippen molar-refractivity contribution in [2.45, 2.75) is 5.75 Å². The van der Waals surface area contributed by atoms with Gasteiger partial charge < -0.3 is 0 Å². The number of thiophene rings is 1. The lowest BCUT2D eigenvalue weighted by molar-refractivity contribution is 0.600. The molecule has 3 aromatic rings. The van der Waals surface area contributed by atoms with Crippen molar-refractivity contribution in [1.29, 1.82) is 0 Å². The predicted octanol–water partition coefficient (Wildman–Crippen LogP) is 3.56. The molecule has 0 unspecified atom stereocenters. The average molecular weight is 339 g/mol. The van der Waals surface area contributed by atoms with Crippen LogP contribution in [0.15, 0.2) is 35.7 Å². The van der Waals surface area contributed by atoms with E-state index in [9.17, 15) is 8.42 Å². The van der Waals surface area contributed by atoms with Crippen LogP contribution in [0.5, 0.6) is 0 Å². The molecule has 7 heteroatoms. The van der Waals surface area contributed by atoms with Crippen LogP contribution in [0.4, 0.5) is 0 Å². The fourth-order valence-electron chi connectivity index (χ4n) is 2.07. The standard InChI is InChI=1S/C14H11ClN2O2S2/c1-21(18,19)8-11-16-13(15)12-10(7-20-14(12)17-11)9-5-3-2-4-6-9/h2-7H,8H2,1H3. The van der Waals surface area contributed by atoms with Gasteiger partial charge in [-0.3, -0.25) is 0 Å². The molecule has 108 valence electrons. The maximum absolute atomic E-state index is 11.4. The van der Waals surface area contributed by atoms with E-state index in [-0.39, 0.29) is 11.6 Å². The van der Waals surface area contributed by atoms with E-state index in [1.54, 1.807) is 0 Å². The van der Waals surface area contributed by atoms with Crippen molar-refractivity contribution >= 4 is 43.0 Å². The molecule has 0 radical (unpaired) electrons. The normalized spacial score (nSPS) is 11.9. The molecule has 0 spiro atoms. The zero-order valence-electron chi connectivity index (χ0n) is 11.1. The Balaban J connectivity index is 2.16. The lowest BCUT2D eigenvalue weighted by Gasteiger charge is -2.03. The number of hydrogen-bond acceptors (Lipinski definition) is 5. The molecule has 21 heavy (non-hydrogen) atoms. The van der Waals surface area contributed by atoms with Gasteiger partial charge in [0, 0.05) is 17.2 Å². The first-order valence-corrected chi connectivity index (χ1v) is 9.42. The molecule has 2 heterocycles. The van der Waals surface area contributed by atoms with Gasteiger partial charge in [-0.15, -0.1) is 11.3 Å². The van der Waals surface area contributed by atoms with E-state index in [2.05, 4.69) is 9.97 Å². The number of benzene rings is 1. The van der Waals surface area contributed by atoms with Gasteiger partial charge in [-0.2, -0.15) is 0 Å². The molecular formula is C14H11ClN2O2S2. The molecule has 0 saturated carbocycles. The van der Waals surface area contributed by atoms with Gasteiger partial charge in [-0.25, -0.2) is 18.4 Å². The fraction of sp³-hybridized carbons (Fsp3) is 0.143. The number of halogens is 1. The first-order chi connectivity index (χ1) is 9.94. The summed E-state index contributed by atoms with van der Waals surface area (Å²) in [6, 6.07) is 9.82. The third-order valence-electron chi connectivity index (χ3n) is 2.91. The van der Waals surface area contributed by atoms with E-state index >= 15 is 0 Å². The highest BCUT2D eigenvalue weighted by atomic mass is 35.5. The number of fused-ring (bicyclic) bond motifs is 1. The summed E-state index contributed by atoms with van der Waals surface area (Å²) in [6.45, 7) is 0. The topological polar surface area (TPSA) is 59.9 Å². The second-order valence-corrected chi connectivity index (χ2v) is 8.05. The third-order valence-corrected chi connectivity index (χ3v) is 4.84. The fourth-order valence-corrected chi connectivity index (χ4v) is 3.98. The first-order valence-electron chi connectivity index (χ1n) is 6.11. The summed E-state index contributed by atoms with van der Waals surface area (Å²) in [6.07, 6.45) is 1.15. The van der Waals surface area contributed by atoms with Gasteiger partial charge in [0.2, 0.25) is 0 Å². The zero-order chi connectivity index (χ0) is 15.0. The maximum Gasteiger partial charge on any atom is 0.154 e.